The Hall–Kier alpha value is -0.950. The lowest BCUT2D eigenvalue weighted by Crippen LogP contribution is -2.33. The van der Waals surface area contributed by atoms with Crippen molar-refractivity contribution in [3.63, 3.8) is 0 Å². The molecule has 6 heteroatoms. The van der Waals surface area contributed by atoms with Gasteiger partial charge in [-0.15, -0.1) is 0 Å². The monoisotopic (exact) mass is 326 g/mol. The zero-order valence-corrected chi connectivity index (χ0v) is 14.6. The van der Waals surface area contributed by atoms with E-state index in [0.29, 0.717) is 13.1 Å². The Labute approximate surface area is 133 Å². The van der Waals surface area contributed by atoms with Crippen molar-refractivity contribution < 1.29 is 13.5 Å². The summed E-state index contributed by atoms with van der Waals surface area (Å²) >= 11 is 0. The van der Waals surface area contributed by atoms with Gasteiger partial charge in [-0.1, -0.05) is 18.2 Å². The van der Waals surface area contributed by atoms with Crippen molar-refractivity contribution in [2.75, 3.05) is 32.9 Å². The molecule has 0 aliphatic carbocycles. The summed E-state index contributed by atoms with van der Waals surface area (Å²) in [6.45, 7) is 6.07. The van der Waals surface area contributed by atoms with E-state index in [1.165, 1.54) is 35.1 Å². The molecular formula is C16H26N2O3S. The molecule has 1 aromatic rings. The Morgan fingerprint density at radius 2 is 1.82 bits per heavy atom. The smallest absolute Gasteiger partial charge is 0.214 e. The second-order valence-electron chi connectivity index (χ2n) is 6.45. The standard InChI is InChI=1S/C16H26N2O3S/c1-12-6-5-7-13(2)15(12)9-18-8-14(16(19)10-18)11-22(20,21)17(3)4/h5-7,14,16,19H,8-11H2,1-4H3/t14-,16+/m0/s1. The lowest BCUT2D eigenvalue weighted by Gasteiger charge is -2.19. The van der Waals surface area contributed by atoms with Gasteiger partial charge in [-0.05, 0) is 30.5 Å². The fourth-order valence-corrected chi connectivity index (χ4v) is 4.14. The highest BCUT2D eigenvalue weighted by atomic mass is 32.2. The maximum Gasteiger partial charge on any atom is 0.214 e. The van der Waals surface area contributed by atoms with Crippen LogP contribution in [0.4, 0.5) is 0 Å². The number of benzene rings is 1. The first-order valence-corrected chi connectivity index (χ1v) is 9.17. The van der Waals surface area contributed by atoms with E-state index in [1.54, 1.807) is 0 Å². The van der Waals surface area contributed by atoms with Gasteiger partial charge in [-0.3, -0.25) is 4.90 Å². The molecule has 0 amide bonds. The molecule has 1 heterocycles. The Morgan fingerprint density at radius 1 is 1.23 bits per heavy atom. The van der Waals surface area contributed by atoms with E-state index in [0.717, 1.165) is 6.54 Å². The quantitative estimate of drug-likeness (QED) is 0.876. The van der Waals surface area contributed by atoms with E-state index in [2.05, 4.69) is 30.9 Å². The molecule has 2 rings (SSSR count). The van der Waals surface area contributed by atoms with Crippen LogP contribution in [0.25, 0.3) is 0 Å². The van der Waals surface area contributed by atoms with E-state index in [-0.39, 0.29) is 11.7 Å². The van der Waals surface area contributed by atoms with Gasteiger partial charge in [-0.2, -0.15) is 0 Å². The minimum absolute atomic E-state index is 0.00439. The predicted octanol–water partition coefficient (Wildman–Crippen LogP) is 0.988. The summed E-state index contributed by atoms with van der Waals surface area (Å²) in [5.74, 6) is -0.221. The number of hydrogen-bond acceptors (Lipinski definition) is 4. The van der Waals surface area contributed by atoms with E-state index in [4.69, 9.17) is 0 Å². The van der Waals surface area contributed by atoms with E-state index in [1.807, 2.05) is 6.07 Å². The topological polar surface area (TPSA) is 60.9 Å². The van der Waals surface area contributed by atoms with Crippen molar-refractivity contribution in [2.45, 2.75) is 26.5 Å². The predicted molar refractivity (Wildman–Crippen MR) is 88.2 cm³/mol. The third-order valence-electron chi connectivity index (χ3n) is 4.49. The van der Waals surface area contributed by atoms with Crippen LogP contribution in [0.3, 0.4) is 0 Å². The zero-order chi connectivity index (χ0) is 16.5. The first-order valence-electron chi connectivity index (χ1n) is 7.56. The van der Waals surface area contributed by atoms with Gasteiger partial charge in [0.1, 0.15) is 0 Å². The number of aryl methyl sites for hydroxylation is 2. The number of aliphatic hydroxyl groups excluding tert-OH is 1. The minimum Gasteiger partial charge on any atom is -0.391 e. The molecule has 1 aromatic carbocycles. The van der Waals surface area contributed by atoms with Crippen LogP contribution < -0.4 is 0 Å². The molecule has 1 fully saturated rings. The molecule has 0 saturated carbocycles. The molecule has 22 heavy (non-hydrogen) atoms. The molecule has 1 N–H and O–H groups in total. The van der Waals surface area contributed by atoms with Gasteiger partial charge in [-0.25, -0.2) is 12.7 Å². The van der Waals surface area contributed by atoms with E-state index < -0.39 is 16.1 Å². The van der Waals surface area contributed by atoms with Gasteiger partial charge in [0.25, 0.3) is 0 Å². The largest absolute Gasteiger partial charge is 0.391 e. The third kappa shape index (κ3) is 3.87. The van der Waals surface area contributed by atoms with Crippen LogP contribution in [0.2, 0.25) is 0 Å². The molecule has 0 unspecified atom stereocenters. The van der Waals surface area contributed by atoms with Gasteiger partial charge in [0.2, 0.25) is 10.0 Å². The highest BCUT2D eigenvalue weighted by Gasteiger charge is 2.35. The SMILES string of the molecule is Cc1cccc(C)c1CN1C[C@@H](CS(=O)(=O)N(C)C)[C@H](O)C1. The lowest BCUT2D eigenvalue weighted by molar-refractivity contribution is 0.148. The average Bonchev–Trinajstić information content (AvgIpc) is 2.74. The van der Waals surface area contributed by atoms with Crippen molar-refractivity contribution in [1.82, 2.24) is 9.21 Å². The Morgan fingerprint density at radius 3 is 2.36 bits per heavy atom. The molecular weight excluding hydrogens is 300 g/mol. The summed E-state index contributed by atoms with van der Waals surface area (Å²) in [5, 5.41) is 10.2. The average molecular weight is 326 g/mol. The molecule has 2 atom stereocenters. The number of rotatable bonds is 5. The molecule has 0 bridgehead atoms. The van der Waals surface area contributed by atoms with E-state index >= 15 is 0 Å². The van der Waals surface area contributed by atoms with Crippen molar-refractivity contribution in [2.24, 2.45) is 5.92 Å². The van der Waals surface area contributed by atoms with Crippen LogP contribution in [-0.2, 0) is 16.6 Å². The van der Waals surface area contributed by atoms with Crippen LogP contribution in [0.5, 0.6) is 0 Å². The second kappa shape index (κ2) is 6.66. The Bertz CT molecular complexity index is 608. The molecule has 0 spiro atoms. The van der Waals surface area contributed by atoms with Crippen LogP contribution in [-0.4, -0.2) is 61.8 Å². The molecule has 124 valence electrons. The summed E-state index contributed by atoms with van der Waals surface area (Å²) in [6, 6.07) is 6.21. The summed E-state index contributed by atoms with van der Waals surface area (Å²) in [4.78, 5) is 2.15. The molecule has 1 saturated heterocycles. The van der Waals surface area contributed by atoms with Gasteiger partial charge in [0, 0.05) is 39.6 Å². The van der Waals surface area contributed by atoms with Crippen molar-refractivity contribution >= 4 is 10.0 Å². The van der Waals surface area contributed by atoms with Gasteiger partial charge >= 0.3 is 0 Å². The Kier molecular flexibility index (Phi) is 5.27. The summed E-state index contributed by atoms with van der Waals surface area (Å²) < 4.78 is 25.2. The fourth-order valence-electron chi connectivity index (χ4n) is 2.98. The van der Waals surface area contributed by atoms with Crippen LogP contribution >= 0.6 is 0 Å². The van der Waals surface area contributed by atoms with Crippen LogP contribution in [0.1, 0.15) is 16.7 Å². The van der Waals surface area contributed by atoms with Crippen LogP contribution in [0.15, 0.2) is 18.2 Å². The first-order chi connectivity index (χ1) is 10.2. The third-order valence-corrected chi connectivity index (χ3v) is 6.45. The number of nitrogens with zero attached hydrogens (tertiary/aromatic N) is 2. The number of hydrogen-bond donors (Lipinski definition) is 1. The van der Waals surface area contributed by atoms with Gasteiger partial charge in [0.05, 0.1) is 11.9 Å². The molecule has 5 nitrogen and oxygen atoms in total. The van der Waals surface area contributed by atoms with Gasteiger partial charge < -0.3 is 5.11 Å². The maximum absolute atomic E-state index is 12.0. The van der Waals surface area contributed by atoms with Crippen molar-refractivity contribution in [1.29, 1.82) is 0 Å². The molecule has 1 aliphatic rings. The number of sulfonamides is 1. The van der Waals surface area contributed by atoms with E-state index in [9.17, 15) is 13.5 Å². The number of likely N-dealkylation sites (tertiary alicyclic amines) is 1. The highest BCUT2D eigenvalue weighted by molar-refractivity contribution is 7.89. The number of aliphatic hydroxyl groups is 1. The summed E-state index contributed by atoms with van der Waals surface area (Å²) in [7, 11) is -0.215. The fraction of sp³-hybridized carbons (Fsp3) is 0.625. The minimum atomic E-state index is -3.28. The first kappa shape index (κ1) is 17.4. The Balaban J connectivity index is 2.05. The summed E-state index contributed by atoms with van der Waals surface area (Å²) in [6.07, 6.45) is -0.584. The van der Waals surface area contributed by atoms with Crippen molar-refractivity contribution in [3.8, 4) is 0 Å². The zero-order valence-electron chi connectivity index (χ0n) is 13.8. The van der Waals surface area contributed by atoms with Gasteiger partial charge in [0.15, 0.2) is 0 Å². The number of β-amino-alcohol motifs (C(OH)–C–C–N with tert-alkyl or cyclic N) is 1. The normalized spacial score (nSPS) is 23.4. The van der Waals surface area contributed by atoms with Crippen LogP contribution in [0, 0.1) is 19.8 Å². The second-order valence-corrected chi connectivity index (χ2v) is 8.68. The maximum atomic E-state index is 12.0. The van der Waals surface area contributed by atoms with Crippen molar-refractivity contribution in [3.05, 3.63) is 34.9 Å². The summed E-state index contributed by atoms with van der Waals surface area (Å²) in [5.41, 5.74) is 3.74. The highest BCUT2D eigenvalue weighted by Crippen LogP contribution is 2.24. The molecule has 1 aliphatic heterocycles. The molecule has 0 radical (unpaired) electrons. The molecule has 0 aromatic heterocycles. The lowest BCUT2D eigenvalue weighted by atomic mass is 10.0.